The van der Waals surface area contributed by atoms with Crippen LogP contribution in [-0.2, 0) is 55.8 Å². The average Bonchev–Trinajstić information content (AvgIpc) is 3.08. The first-order chi connectivity index (χ1) is 26.5. The van der Waals surface area contributed by atoms with Gasteiger partial charge in [-0.2, -0.15) is 4.31 Å². The third-order valence-corrected chi connectivity index (χ3v) is 11.5. The third-order valence-electron chi connectivity index (χ3n) is 8.91. The van der Waals surface area contributed by atoms with Crippen molar-refractivity contribution in [2.75, 3.05) is 19.8 Å². The second-order valence-corrected chi connectivity index (χ2v) is 17.2. The third kappa shape index (κ3) is 17.1. The number of hydrogen-bond acceptors (Lipinski definition) is 16. The van der Waals surface area contributed by atoms with Crippen LogP contribution in [0.3, 0.4) is 0 Å². The number of nitrogens with one attached hydrogen (secondary N) is 2. The Bertz CT molecular complexity index is 1540. The molecule has 22 heteroatoms. The van der Waals surface area contributed by atoms with E-state index < -0.39 is 120 Å². The maximum atomic E-state index is 13.2. The number of carbonyl (C=O) groups is 3. The number of phosphoric acid groups is 2. The zero-order chi connectivity index (χ0) is 43.2. The van der Waals surface area contributed by atoms with E-state index in [0.29, 0.717) is 12.8 Å². The minimum atomic E-state index is -5.65. The highest BCUT2D eigenvalue weighted by Crippen LogP contribution is 2.61. The Morgan fingerprint density at radius 2 is 1.28 bits per heavy atom. The number of phosphoric ester groups is 2. The van der Waals surface area contributed by atoms with Gasteiger partial charge < -0.3 is 59.8 Å². The number of aliphatic hydroxyl groups excluding tert-OH is 4. The molecular formula is C35H60N2O18P2. The van der Waals surface area contributed by atoms with Crippen LogP contribution in [0.1, 0.15) is 81.1 Å². The van der Waals surface area contributed by atoms with Gasteiger partial charge in [0.25, 0.3) is 0 Å². The lowest BCUT2D eigenvalue weighted by molar-refractivity contribution is -0.331. The summed E-state index contributed by atoms with van der Waals surface area (Å²) in [6, 6.07) is -3.20. The molecule has 2 aliphatic heterocycles. The lowest BCUT2D eigenvalue weighted by Crippen LogP contribution is -2.70. The summed E-state index contributed by atoms with van der Waals surface area (Å²) in [4.78, 5) is 57.8. The molecule has 328 valence electrons. The van der Waals surface area contributed by atoms with Crippen molar-refractivity contribution in [2.45, 2.75) is 148 Å². The molecule has 2 aliphatic rings. The van der Waals surface area contributed by atoms with Crippen LogP contribution in [0.5, 0.6) is 0 Å². The largest absolute Gasteiger partial charge is 0.483 e. The molecule has 0 aromatic rings. The summed E-state index contributed by atoms with van der Waals surface area (Å²) >= 11 is 0. The highest BCUT2D eigenvalue weighted by atomic mass is 31.3. The fourth-order valence-electron chi connectivity index (χ4n) is 5.84. The van der Waals surface area contributed by atoms with Gasteiger partial charge in [0.1, 0.15) is 54.8 Å². The van der Waals surface area contributed by atoms with E-state index in [9.17, 15) is 53.7 Å². The van der Waals surface area contributed by atoms with Crippen molar-refractivity contribution in [3.8, 4) is 0 Å². The molecular weight excluding hydrogens is 798 g/mol. The Morgan fingerprint density at radius 3 is 1.82 bits per heavy atom. The summed E-state index contributed by atoms with van der Waals surface area (Å²) < 4.78 is 63.9. The molecule has 0 saturated carbocycles. The monoisotopic (exact) mass is 858 g/mol. The predicted octanol–water partition coefficient (Wildman–Crippen LogP) is 1.57. The number of allylic oxidation sites excluding steroid dienone is 5. The highest BCUT2D eigenvalue weighted by molar-refractivity contribution is 7.61. The molecule has 8 N–H and O–H groups in total. The smallest absolute Gasteiger partial charge is 0.394 e. The number of ether oxygens (including phenoxy) is 4. The molecule has 13 atom stereocenters. The fourth-order valence-corrected chi connectivity index (χ4v) is 7.94. The predicted molar refractivity (Wildman–Crippen MR) is 202 cm³/mol. The van der Waals surface area contributed by atoms with Crippen LogP contribution in [0, 0.1) is 0 Å². The second-order valence-electron chi connectivity index (χ2n) is 14.2. The molecule has 0 radical (unpaired) electrons. The van der Waals surface area contributed by atoms with Crippen LogP contribution < -0.4 is 10.6 Å². The number of ketones is 1. The summed E-state index contributed by atoms with van der Waals surface area (Å²) in [6.45, 7) is 10.3. The SMILES string of the molecule is CC(=O)N[C@H]1[C@@H](O[C@H]2[C@H](O[C@H](C)C(C)=O)[C@@H](NC(C)=O)[C@@H](OP(=O)(O)OP(=O)(O)OC/C=C(/C)CC/C=C(\C)CCC=C(C)C)O[C@@H]2CO)O[C@H](CO)[C@@H](O)[C@@H]1O. The van der Waals surface area contributed by atoms with E-state index in [1.807, 2.05) is 20.8 Å². The van der Waals surface area contributed by atoms with Crippen LogP contribution in [-0.4, -0.2) is 135 Å². The maximum Gasteiger partial charge on any atom is 0.483 e. The zero-order valence-corrected chi connectivity index (χ0v) is 35.3. The molecule has 0 aromatic carbocycles. The minimum absolute atomic E-state index is 0.479. The van der Waals surface area contributed by atoms with Crippen molar-refractivity contribution < 1.29 is 86.0 Å². The number of aliphatic hydroxyl groups is 4. The van der Waals surface area contributed by atoms with Gasteiger partial charge in [-0.05, 0) is 67.2 Å². The maximum absolute atomic E-state index is 13.2. The van der Waals surface area contributed by atoms with Crippen molar-refractivity contribution in [1.29, 1.82) is 0 Å². The summed E-state index contributed by atoms with van der Waals surface area (Å²) in [7, 11) is -11.0. The summed E-state index contributed by atoms with van der Waals surface area (Å²) in [5.74, 6) is -2.02. The lowest BCUT2D eigenvalue weighted by Gasteiger charge is -2.49. The topological polar surface area (TPSA) is 295 Å². The molecule has 2 amide bonds. The van der Waals surface area contributed by atoms with Gasteiger partial charge in [-0.3, -0.25) is 23.4 Å². The Morgan fingerprint density at radius 1 is 0.737 bits per heavy atom. The first-order valence-electron chi connectivity index (χ1n) is 18.4. The summed E-state index contributed by atoms with van der Waals surface area (Å²) in [5, 5.41) is 46.2. The van der Waals surface area contributed by atoms with Gasteiger partial charge >= 0.3 is 15.6 Å². The minimum Gasteiger partial charge on any atom is -0.394 e. The molecule has 20 nitrogen and oxygen atoms in total. The van der Waals surface area contributed by atoms with Crippen LogP contribution in [0.25, 0.3) is 0 Å². The van der Waals surface area contributed by atoms with Gasteiger partial charge in [-0.25, -0.2) is 9.13 Å². The van der Waals surface area contributed by atoms with Gasteiger partial charge in [-0.1, -0.05) is 34.9 Å². The summed E-state index contributed by atoms with van der Waals surface area (Å²) in [6.07, 6.45) is -5.96. The number of rotatable bonds is 22. The number of Topliss-reactive ketones (excluding diaryl/α,β-unsaturated/α-hetero) is 1. The van der Waals surface area contributed by atoms with Crippen molar-refractivity contribution in [2.24, 2.45) is 0 Å². The molecule has 2 saturated heterocycles. The van der Waals surface area contributed by atoms with Crippen LogP contribution in [0.4, 0.5) is 0 Å². The van der Waals surface area contributed by atoms with Gasteiger partial charge in [0, 0.05) is 13.8 Å². The van der Waals surface area contributed by atoms with Crippen molar-refractivity contribution in [1.82, 2.24) is 10.6 Å². The van der Waals surface area contributed by atoms with E-state index in [4.69, 9.17) is 28.0 Å². The lowest BCUT2D eigenvalue weighted by atomic mass is 9.94. The van der Waals surface area contributed by atoms with Gasteiger partial charge in [0.05, 0.1) is 19.8 Å². The van der Waals surface area contributed by atoms with E-state index in [1.165, 1.54) is 31.1 Å². The standard InChI is InChI=1S/C35H60N2O18P2/c1-19(2)11-9-12-20(3)13-10-14-21(4)15-16-49-56(45,46)55-57(47,48)54-35-29(37-25(8)42)33(50-23(6)22(5)40)32(27(18-39)52-35)53-34-28(36-24(7)41)31(44)30(43)26(17-38)51-34/h11,13,15,23,26-35,38-39,43-44H,9-10,12,14,16-18H2,1-8H3,(H,36,41)(H,37,42)(H,45,46)(H,47,48)/b20-13+,21-15-/t23-,26-,27-,28-,29-,30-,31-,32-,33-,34-,35-/m1/s1. The Balaban J connectivity index is 2.32. The molecule has 2 rings (SSSR count). The van der Waals surface area contributed by atoms with Crippen molar-refractivity contribution in [3.63, 3.8) is 0 Å². The highest BCUT2D eigenvalue weighted by Gasteiger charge is 2.55. The Hall–Kier alpha value is -2.23. The molecule has 0 aliphatic carbocycles. The van der Waals surface area contributed by atoms with Crippen LogP contribution >= 0.6 is 15.6 Å². The van der Waals surface area contributed by atoms with E-state index in [0.717, 1.165) is 32.3 Å². The molecule has 0 aromatic heterocycles. The quantitative estimate of drug-likeness (QED) is 0.0566. The molecule has 57 heavy (non-hydrogen) atoms. The Labute approximate surface area is 332 Å². The van der Waals surface area contributed by atoms with E-state index in [1.54, 1.807) is 6.92 Å². The van der Waals surface area contributed by atoms with Crippen LogP contribution in [0.2, 0.25) is 0 Å². The number of hydrogen-bond donors (Lipinski definition) is 8. The van der Waals surface area contributed by atoms with E-state index in [-0.39, 0.29) is 0 Å². The first kappa shape index (κ1) is 50.9. The number of carbonyl (C=O) groups excluding carboxylic acids is 3. The molecule has 2 heterocycles. The summed E-state index contributed by atoms with van der Waals surface area (Å²) in [5.41, 5.74) is 3.27. The normalized spacial score (nSPS) is 31.1. The van der Waals surface area contributed by atoms with E-state index in [2.05, 4.69) is 27.1 Å². The Kier molecular flexibility index (Phi) is 21.0. The van der Waals surface area contributed by atoms with Crippen molar-refractivity contribution >= 4 is 33.2 Å². The van der Waals surface area contributed by atoms with Crippen LogP contribution in [0.15, 0.2) is 34.9 Å². The van der Waals surface area contributed by atoms with Gasteiger partial charge in [-0.15, -0.1) is 0 Å². The number of amides is 2. The molecule has 0 bridgehead atoms. The average molecular weight is 859 g/mol. The van der Waals surface area contributed by atoms with Gasteiger partial charge in [0.2, 0.25) is 11.8 Å². The fraction of sp³-hybridized carbons (Fsp3) is 0.743. The molecule has 0 spiro atoms. The van der Waals surface area contributed by atoms with E-state index >= 15 is 0 Å². The zero-order valence-electron chi connectivity index (χ0n) is 33.5. The van der Waals surface area contributed by atoms with Gasteiger partial charge in [0.15, 0.2) is 18.4 Å². The first-order valence-corrected chi connectivity index (χ1v) is 21.4. The van der Waals surface area contributed by atoms with Crippen molar-refractivity contribution in [3.05, 3.63) is 34.9 Å². The molecule has 2 unspecified atom stereocenters. The molecule has 2 fully saturated rings. The second kappa shape index (κ2) is 23.5.